The molecule has 1 N–H and O–H groups in total. The van der Waals surface area contributed by atoms with Gasteiger partial charge in [-0.1, -0.05) is 29.8 Å². The van der Waals surface area contributed by atoms with Crippen molar-refractivity contribution in [1.82, 2.24) is 0 Å². The highest BCUT2D eigenvalue weighted by Crippen LogP contribution is 2.30. The van der Waals surface area contributed by atoms with Gasteiger partial charge in [-0.3, -0.25) is 0 Å². The molecule has 0 aliphatic rings. The highest BCUT2D eigenvalue weighted by molar-refractivity contribution is 6.17. The fraction of sp³-hybridized carbons (Fsp3) is 0.200. The molecule has 1 radical (unpaired) electrons. The molecule has 0 aliphatic heterocycles. The molecular formula is C15H16BO2. The van der Waals surface area contributed by atoms with Crippen LogP contribution in [-0.4, -0.2) is 12.7 Å². The minimum Gasteiger partial charge on any atom is -0.537 e. The maximum Gasteiger partial charge on any atom is 0.569 e. The number of hydrogen-bond acceptors (Lipinski definition) is 2. The maximum atomic E-state index is 8.68. The van der Waals surface area contributed by atoms with Gasteiger partial charge in [0.15, 0.2) is 0 Å². The first kappa shape index (κ1) is 12.7. The zero-order valence-electron chi connectivity index (χ0n) is 10.9. The van der Waals surface area contributed by atoms with Gasteiger partial charge in [-0.15, -0.1) is 0 Å². The molecule has 0 unspecified atom stereocenters. The van der Waals surface area contributed by atoms with E-state index in [-0.39, 0.29) is 0 Å². The second-order valence-corrected chi connectivity index (χ2v) is 4.52. The predicted octanol–water partition coefficient (Wildman–Crippen LogP) is 3.18. The van der Waals surface area contributed by atoms with E-state index >= 15 is 0 Å². The summed E-state index contributed by atoms with van der Waals surface area (Å²) in [7, 11) is 0.702. The molecule has 2 aromatic rings. The second-order valence-electron chi connectivity index (χ2n) is 4.52. The van der Waals surface area contributed by atoms with Crippen molar-refractivity contribution in [2.24, 2.45) is 0 Å². The molecule has 2 aromatic carbocycles. The van der Waals surface area contributed by atoms with Crippen molar-refractivity contribution in [1.29, 1.82) is 0 Å². The monoisotopic (exact) mass is 239 g/mol. The number of aryl methyl sites for hydroxylation is 3. The SMILES string of the molecule is Cc1cc(C)c(-c2cccc(O[B]O)c2)c(C)c1. The van der Waals surface area contributed by atoms with Crippen molar-refractivity contribution in [2.45, 2.75) is 20.8 Å². The summed E-state index contributed by atoms with van der Waals surface area (Å²) in [5, 5.41) is 8.68. The summed E-state index contributed by atoms with van der Waals surface area (Å²) in [6, 6.07) is 12.1. The molecule has 0 saturated carbocycles. The molecule has 91 valence electrons. The molecule has 2 nitrogen and oxygen atoms in total. The van der Waals surface area contributed by atoms with E-state index in [1.165, 1.54) is 22.3 Å². The normalized spacial score (nSPS) is 10.2. The first-order chi connectivity index (χ1) is 8.61. The third kappa shape index (κ3) is 2.57. The lowest BCUT2D eigenvalue weighted by molar-refractivity contribution is 0.454. The van der Waals surface area contributed by atoms with Crippen molar-refractivity contribution in [3.05, 3.63) is 53.1 Å². The van der Waals surface area contributed by atoms with Gasteiger partial charge in [0.1, 0.15) is 5.75 Å². The lowest BCUT2D eigenvalue weighted by Crippen LogP contribution is -1.99. The second kappa shape index (κ2) is 5.28. The van der Waals surface area contributed by atoms with E-state index in [1.807, 2.05) is 18.2 Å². The fourth-order valence-corrected chi connectivity index (χ4v) is 2.42. The van der Waals surface area contributed by atoms with Crippen LogP contribution in [0.5, 0.6) is 5.75 Å². The summed E-state index contributed by atoms with van der Waals surface area (Å²) < 4.78 is 5.00. The van der Waals surface area contributed by atoms with Gasteiger partial charge in [0.2, 0.25) is 0 Å². The van der Waals surface area contributed by atoms with E-state index in [1.54, 1.807) is 0 Å². The van der Waals surface area contributed by atoms with E-state index in [0.717, 1.165) is 5.56 Å². The summed E-state index contributed by atoms with van der Waals surface area (Å²) in [4.78, 5) is 0. The summed E-state index contributed by atoms with van der Waals surface area (Å²) in [5.74, 6) is 0.634. The Labute approximate surface area is 109 Å². The van der Waals surface area contributed by atoms with Gasteiger partial charge in [0.05, 0.1) is 0 Å². The van der Waals surface area contributed by atoms with E-state index in [9.17, 15) is 0 Å². The van der Waals surface area contributed by atoms with Crippen LogP contribution in [0, 0.1) is 20.8 Å². The van der Waals surface area contributed by atoms with Crippen molar-refractivity contribution in [2.75, 3.05) is 0 Å². The van der Waals surface area contributed by atoms with E-state index in [0.29, 0.717) is 13.4 Å². The predicted molar refractivity (Wildman–Crippen MR) is 74.7 cm³/mol. The Morgan fingerprint density at radius 1 is 1.00 bits per heavy atom. The third-order valence-corrected chi connectivity index (χ3v) is 2.99. The number of rotatable bonds is 3. The van der Waals surface area contributed by atoms with Crippen LogP contribution in [0.1, 0.15) is 16.7 Å². The van der Waals surface area contributed by atoms with Gasteiger partial charge in [-0.2, -0.15) is 0 Å². The van der Waals surface area contributed by atoms with Crippen LogP contribution in [0.25, 0.3) is 11.1 Å². The molecule has 0 bridgehead atoms. The zero-order valence-corrected chi connectivity index (χ0v) is 10.9. The summed E-state index contributed by atoms with van der Waals surface area (Å²) >= 11 is 0. The van der Waals surface area contributed by atoms with E-state index in [2.05, 4.69) is 39.0 Å². The lowest BCUT2D eigenvalue weighted by atomic mass is 9.94. The van der Waals surface area contributed by atoms with Gasteiger partial charge in [-0.05, 0) is 55.2 Å². The van der Waals surface area contributed by atoms with Crippen LogP contribution in [0.4, 0.5) is 0 Å². The molecule has 3 heteroatoms. The van der Waals surface area contributed by atoms with Crippen LogP contribution in [-0.2, 0) is 0 Å². The molecule has 0 aromatic heterocycles. The number of benzene rings is 2. The van der Waals surface area contributed by atoms with Crippen LogP contribution in [0.15, 0.2) is 36.4 Å². The lowest BCUT2D eigenvalue weighted by Gasteiger charge is -2.12. The minimum atomic E-state index is 0.634. The van der Waals surface area contributed by atoms with Crippen LogP contribution in [0.3, 0.4) is 0 Å². The fourth-order valence-electron chi connectivity index (χ4n) is 2.42. The standard InChI is InChI=1S/C15H16BO2/c1-10-7-11(2)15(12(3)8-10)13-5-4-6-14(9-13)18-16-17/h4-9,17H,1-3H3. The summed E-state index contributed by atoms with van der Waals surface area (Å²) in [6.07, 6.45) is 0. The van der Waals surface area contributed by atoms with Gasteiger partial charge >= 0.3 is 7.69 Å². The average Bonchev–Trinajstić information content (AvgIpc) is 2.28. The highest BCUT2D eigenvalue weighted by Gasteiger charge is 2.07. The molecular weight excluding hydrogens is 223 g/mol. The zero-order chi connectivity index (χ0) is 13.1. The Morgan fingerprint density at radius 2 is 1.67 bits per heavy atom. The molecule has 18 heavy (non-hydrogen) atoms. The van der Waals surface area contributed by atoms with Crippen LogP contribution < -0.4 is 4.65 Å². The highest BCUT2D eigenvalue weighted by atomic mass is 16.5. The Kier molecular flexibility index (Phi) is 3.73. The maximum absolute atomic E-state index is 8.68. The molecule has 0 atom stereocenters. The van der Waals surface area contributed by atoms with Crippen molar-refractivity contribution < 1.29 is 9.68 Å². The first-order valence-corrected chi connectivity index (χ1v) is 5.92. The molecule has 0 aliphatic carbocycles. The first-order valence-electron chi connectivity index (χ1n) is 5.92. The van der Waals surface area contributed by atoms with Gasteiger partial charge in [0.25, 0.3) is 0 Å². The Hall–Kier alpha value is -1.74. The molecule has 0 spiro atoms. The summed E-state index contributed by atoms with van der Waals surface area (Å²) in [6.45, 7) is 6.33. The topological polar surface area (TPSA) is 29.5 Å². The third-order valence-electron chi connectivity index (χ3n) is 2.99. The van der Waals surface area contributed by atoms with Gasteiger partial charge in [-0.25, -0.2) is 0 Å². The molecule has 0 fully saturated rings. The molecule has 0 amide bonds. The minimum absolute atomic E-state index is 0.634. The van der Waals surface area contributed by atoms with Crippen molar-refractivity contribution in [3.63, 3.8) is 0 Å². The summed E-state index contributed by atoms with van der Waals surface area (Å²) in [5.41, 5.74) is 6.09. The Bertz CT molecular complexity index is 541. The number of hydrogen-bond donors (Lipinski definition) is 1. The largest absolute Gasteiger partial charge is 0.569 e. The Balaban J connectivity index is 2.51. The van der Waals surface area contributed by atoms with Crippen molar-refractivity contribution >= 4 is 7.69 Å². The average molecular weight is 239 g/mol. The molecule has 0 saturated heterocycles. The Morgan fingerprint density at radius 3 is 2.28 bits per heavy atom. The molecule has 0 heterocycles. The van der Waals surface area contributed by atoms with Gasteiger partial charge < -0.3 is 9.68 Å². The van der Waals surface area contributed by atoms with Crippen LogP contribution >= 0.6 is 0 Å². The van der Waals surface area contributed by atoms with Gasteiger partial charge in [0, 0.05) is 0 Å². The quantitative estimate of drug-likeness (QED) is 0.833. The smallest absolute Gasteiger partial charge is 0.537 e. The van der Waals surface area contributed by atoms with Crippen molar-refractivity contribution in [3.8, 4) is 16.9 Å². The van der Waals surface area contributed by atoms with Crippen LogP contribution in [0.2, 0.25) is 0 Å². The molecule has 2 rings (SSSR count). The van der Waals surface area contributed by atoms with E-state index in [4.69, 9.17) is 9.68 Å². The van der Waals surface area contributed by atoms with E-state index < -0.39 is 0 Å².